The van der Waals surface area contributed by atoms with Gasteiger partial charge in [0.2, 0.25) is 0 Å². The van der Waals surface area contributed by atoms with E-state index in [0.29, 0.717) is 25.7 Å². The van der Waals surface area contributed by atoms with E-state index in [0.717, 1.165) is 19.7 Å². The SMILES string of the molecule is COCC(C)OCC(O)COCC1CCCNC1. The number of rotatable bonds is 9. The van der Waals surface area contributed by atoms with Gasteiger partial charge in [-0.1, -0.05) is 0 Å². The van der Waals surface area contributed by atoms with Gasteiger partial charge in [0, 0.05) is 13.7 Å². The second-order valence-electron chi connectivity index (χ2n) is 5.00. The molecule has 1 aliphatic rings. The Bertz CT molecular complexity index is 197. The lowest BCUT2D eigenvalue weighted by Gasteiger charge is -2.23. The molecule has 1 aliphatic heterocycles. The Morgan fingerprint density at radius 3 is 2.83 bits per heavy atom. The number of nitrogens with one attached hydrogen (secondary N) is 1. The Balaban J connectivity index is 1.97. The molecule has 18 heavy (non-hydrogen) atoms. The largest absolute Gasteiger partial charge is 0.388 e. The van der Waals surface area contributed by atoms with Crippen molar-refractivity contribution >= 4 is 0 Å². The first kappa shape index (κ1) is 15.9. The van der Waals surface area contributed by atoms with Gasteiger partial charge >= 0.3 is 0 Å². The highest BCUT2D eigenvalue weighted by Gasteiger charge is 2.14. The number of hydrogen-bond donors (Lipinski definition) is 2. The average Bonchev–Trinajstić information content (AvgIpc) is 2.38. The van der Waals surface area contributed by atoms with E-state index < -0.39 is 6.10 Å². The minimum Gasteiger partial charge on any atom is -0.388 e. The van der Waals surface area contributed by atoms with Crippen LogP contribution in [0.5, 0.6) is 0 Å². The van der Waals surface area contributed by atoms with E-state index in [1.807, 2.05) is 6.92 Å². The van der Waals surface area contributed by atoms with Gasteiger partial charge in [-0.25, -0.2) is 0 Å². The first-order valence-electron chi connectivity index (χ1n) is 6.79. The zero-order chi connectivity index (χ0) is 13.2. The minimum absolute atomic E-state index is 0.00666. The lowest BCUT2D eigenvalue weighted by atomic mass is 10.0. The van der Waals surface area contributed by atoms with Gasteiger partial charge in [-0.2, -0.15) is 0 Å². The van der Waals surface area contributed by atoms with Crippen LogP contribution in [0.4, 0.5) is 0 Å². The van der Waals surface area contributed by atoms with Gasteiger partial charge in [0.25, 0.3) is 0 Å². The van der Waals surface area contributed by atoms with E-state index in [-0.39, 0.29) is 6.10 Å². The number of aliphatic hydroxyl groups is 1. The van der Waals surface area contributed by atoms with Crippen LogP contribution < -0.4 is 5.32 Å². The predicted octanol–water partition coefficient (Wildman–Crippen LogP) is 0.415. The summed E-state index contributed by atoms with van der Waals surface area (Å²) in [6.45, 7) is 5.97. The number of hydrogen-bond acceptors (Lipinski definition) is 5. The van der Waals surface area contributed by atoms with Gasteiger partial charge < -0.3 is 24.6 Å². The van der Waals surface area contributed by atoms with Crippen molar-refractivity contribution in [3.63, 3.8) is 0 Å². The maximum Gasteiger partial charge on any atom is 0.101 e. The van der Waals surface area contributed by atoms with Crippen LogP contribution >= 0.6 is 0 Å². The molecule has 3 atom stereocenters. The summed E-state index contributed by atoms with van der Waals surface area (Å²) < 4.78 is 15.9. The van der Waals surface area contributed by atoms with E-state index >= 15 is 0 Å². The van der Waals surface area contributed by atoms with Gasteiger partial charge in [-0.3, -0.25) is 0 Å². The highest BCUT2D eigenvalue weighted by molar-refractivity contribution is 4.68. The summed E-state index contributed by atoms with van der Waals surface area (Å²) in [4.78, 5) is 0. The van der Waals surface area contributed by atoms with Gasteiger partial charge in [-0.05, 0) is 32.2 Å². The number of ether oxygens (including phenoxy) is 3. The molecule has 1 saturated heterocycles. The van der Waals surface area contributed by atoms with Crippen LogP contribution in [-0.4, -0.2) is 63.9 Å². The molecule has 5 heteroatoms. The number of aliphatic hydroxyl groups excluding tert-OH is 1. The van der Waals surface area contributed by atoms with Crippen molar-refractivity contribution in [2.24, 2.45) is 5.92 Å². The fourth-order valence-corrected chi connectivity index (χ4v) is 2.04. The Hall–Kier alpha value is -0.200. The number of piperidine rings is 1. The maximum absolute atomic E-state index is 9.69. The van der Waals surface area contributed by atoms with Crippen molar-refractivity contribution in [1.82, 2.24) is 5.32 Å². The first-order chi connectivity index (χ1) is 8.72. The normalized spacial score (nSPS) is 23.8. The summed E-state index contributed by atoms with van der Waals surface area (Å²) in [7, 11) is 1.64. The van der Waals surface area contributed by atoms with Crippen LogP contribution in [0.2, 0.25) is 0 Å². The third kappa shape index (κ3) is 7.28. The average molecular weight is 261 g/mol. The molecule has 1 fully saturated rings. The molecule has 2 N–H and O–H groups in total. The zero-order valence-electron chi connectivity index (χ0n) is 11.6. The van der Waals surface area contributed by atoms with Crippen molar-refractivity contribution in [3.05, 3.63) is 0 Å². The number of methoxy groups -OCH3 is 1. The van der Waals surface area contributed by atoms with Gasteiger partial charge in [0.15, 0.2) is 0 Å². The van der Waals surface area contributed by atoms with Crippen LogP contribution in [0, 0.1) is 5.92 Å². The zero-order valence-corrected chi connectivity index (χ0v) is 11.6. The molecule has 108 valence electrons. The van der Waals surface area contributed by atoms with Gasteiger partial charge in [0.05, 0.1) is 32.5 Å². The molecule has 0 aromatic rings. The monoisotopic (exact) mass is 261 g/mol. The molecule has 0 bridgehead atoms. The van der Waals surface area contributed by atoms with Crippen LogP contribution in [0.15, 0.2) is 0 Å². The molecule has 0 aromatic carbocycles. The molecule has 1 heterocycles. The summed E-state index contributed by atoms with van der Waals surface area (Å²) in [6.07, 6.45) is 1.88. The topological polar surface area (TPSA) is 60.0 Å². The molecule has 0 saturated carbocycles. The molecule has 0 aliphatic carbocycles. The van der Waals surface area contributed by atoms with Crippen LogP contribution in [0.3, 0.4) is 0 Å². The summed E-state index contributed by atoms with van der Waals surface area (Å²) in [6, 6.07) is 0. The van der Waals surface area contributed by atoms with Gasteiger partial charge in [0.1, 0.15) is 6.10 Å². The quantitative estimate of drug-likeness (QED) is 0.630. The van der Waals surface area contributed by atoms with E-state index in [9.17, 15) is 5.11 Å². The molecule has 0 radical (unpaired) electrons. The highest BCUT2D eigenvalue weighted by atomic mass is 16.5. The second-order valence-corrected chi connectivity index (χ2v) is 5.00. The summed E-state index contributed by atoms with van der Waals surface area (Å²) in [5.74, 6) is 0.583. The third-order valence-electron chi connectivity index (χ3n) is 3.04. The molecular weight excluding hydrogens is 234 g/mol. The minimum atomic E-state index is -0.555. The Labute approximate surface area is 110 Å². The standard InChI is InChI=1S/C13H27NO4/c1-11(7-16-2)18-10-13(15)9-17-8-12-4-3-5-14-6-12/h11-15H,3-10H2,1-2H3. The van der Waals surface area contributed by atoms with Gasteiger partial charge in [-0.15, -0.1) is 0 Å². The molecule has 3 unspecified atom stereocenters. The molecule has 0 amide bonds. The molecule has 0 spiro atoms. The first-order valence-corrected chi connectivity index (χ1v) is 6.79. The van der Waals surface area contributed by atoms with Crippen molar-refractivity contribution in [2.75, 3.05) is 46.6 Å². The second kappa shape index (κ2) is 9.69. The van der Waals surface area contributed by atoms with E-state index in [2.05, 4.69) is 5.32 Å². The third-order valence-corrected chi connectivity index (χ3v) is 3.04. The fraction of sp³-hybridized carbons (Fsp3) is 1.00. The smallest absolute Gasteiger partial charge is 0.101 e. The van der Waals surface area contributed by atoms with Crippen LogP contribution in [-0.2, 0) is 14.2 Å². The Morgan fingerprint density at radius 2 is 2.17 bits per heavy atom. The van der Waals surface area contributed by atoms with E-state index in [4.69, 9.17) is 14.2 Å². The van der Waals surface area contributed by atoms with E-state index in [1.165, 1.54) is 12.8 Å². The van der Waals surface area contributed by atoms with Crippen molar-refractivity contribution < 1.29 is 19.3 Å². The molecule has 1 rings (SSSR count). The fourth-order valence-electron chi connectivity index (χ4n) is 2.04. The lowest BCUT2D eigenvalue weighted by molar-refractivity contribution is -0.0606. The summed E-state index contributed by atoms with van der Waals surface area (Å²) in [5.41, 5.74) is 0. The predicted molar refractivity (Wildman–Crippen MR) is 69.7 cm³/mol. The van der Waals surface area contributed by atoms with Crippen LogP contribution in [0.25, 0.3) is 0 Å². The summed E-state index contributed by atoms with van der Waals surface area (Å²) in [5, 5.41) is 13.0. The maximum atomic E-state index is 9.69. The summed E-state index contributed by atoms with van der Waals surface area (Å²) >= 11 is 0. The highest BCUT2D eigenvalue weighted by Crippen LogP contribution is 2.10. The molecular formula is C13H27NO4. The van der Waals surface area contributed by atoms with Crippen molar-refractivity contribution in [3.8, 4) is 0 Å². The molecule has 5 nitrogen and oxygen atoms in total. The van der Waals surface area contributed by atoms with Crippen LogP contribution in [0.1, 0.15) is 19.8 Å². The Kier molecular flexibility index (Phi) is 8.54. The molecule has 0 aromatic heterocycles. The Morgan fingerprint density at radius 1 is 1.33 bits per heavy atom. The van der Waals surface area contributed by atoms with E-state index in [1.54, 1.807) is 7.11 Å². The lowest BCUT2D eigenvalue weighted by Crippen LogP contribution is -2.33. The van der Waals surface area contributed by atoms with Crippen molar-refractivity contribution in [2.45, 2.75) is 32.0 Å². The van der Waals surface area contributed by atoms with Crippen molar-refractivity contribution in [1.29, 1.82) is 0 Å².